The van der Waals surface area contributed by atoms with Gasteiger partial charge in [0.15, 0.2) is 11.5 Å². The molecule has 2 aromatic carbocycles. The molecular formula is C22H26N4O4. The molecule has 0 saturated carbocycles. The van der Waals surface area contributed by atoms with Crippen molar-refractivity contribution in [2.24, 2.45) is 5.73 Å². The third-order valence-electron chi connectivity index (χ3n) is 5.02. The Morgan fingerprint density at radius 2 is 1.77 bits per heavy atom. The zero-order chi connectivity index (χ0) is 21.8. The number of hydrogen-bond acceptors (Lipinski definition) is 6. The van der Waals surface area contributed by atoms with E-state index in [-0.39, 0.29) is 18.4 Å². The number of benzene rings is 2. The number of ether oxygens (including phenoxy) is 2. The molecule has 158 valence electrons. The summed E-state index contributed by atoms with van der Waals surface area (Å²) in [5.74, 6) is 0.749. The van der Waals surface area contributed by atoms with Gasteiger partial charge in [-0.05, 0) is 36.8 Å². The number of rotatable bonds is 7. The Bertz CT molecular complexity index is 999. The number of nitrogens with two attached hydrogens (primary N) is 1. The van der Waals surface area contributed by atoms with Gasteiger partial charge in [-0.1, -0.05) is 6.92 Å². The van der Waals surface area contributed by atoms with Crippen LogP contribution in [0.25, 0.3) is 5.57 Å². The zero-order valence-corrected chi connectivity index (χ0v) is 17.5. The van der Waals surface area contributed by atoms with E-state index in [2.05, 4.69) is 10.6 Å². The Morgan fingerprint density at radius 3 is 2.33 bits per heavy atom. The molecule has 1 aliphatic heterocycles. The third-order valence-corrected chi connectivity index (χ3v) is 5.02. The van der Waals surface area contributed by atoms with Gasteiger partial charge in [-0.2, -0.15) is 0 Å². The summed E-state index contributed by atoms with van der Waals surface area (Å²) in [5, 5.41) is 6.22. The lowest BCUT2D eigenvalue weighted by Crippen LogP contribution is -2.32. The fourth-order valence-corrected chi connectivity index (χ4v) is 3.35. The first-order chi connectivity index (χ1) is 14.4. The molecule has 1 aliphatic rings. The Morgan fingerprint density at radius 1 is 1.13 bits per heavy atom. The fraction of sp³-hybridized carbons (Fsp3) is 0.273. The van der Waals surface area contributed by atoms with E-state index in [0.29, 0.717) is 29.2 Å². The lowest BCUT2D eigenvalue weighted by molar-refractivity contribution is -0.117. The minimum Gasteiger partial charge on any atom is -0.493 e. The van der Waals surface area contributed by atoms with Crippen LogP contribution in [-0.4, -0.2) is 39.6 Å². The first-order valence-electron chi connectivity index (χ1n) is 9.58. The lowest BCUT2D eigenvalue weighted by atomic mass is 10.0. The maximum absolute atomic E-state index is 12.7. The number of nitrogens with zero attached hydrogens (tertiary/aromatic N) is 1. The smallest absolute Gasteiger partial charge is 0.258 e. The van der Waals surface area contributed by atoms with Crippen LogP contribution in [0.3, 0.4) is 0 Å². The van der Waals surface area contributed by atoms with Crippen LogP contribution in [0.2, 0.25) is 0 Å². The highest BCUT2D eigenvalue weighted by Crippen LogP contribution is 2.42. The van der Waals surface area contributed by atoms with Crippen molar-refractivity contribution in [1.82, 2.24) is 0 Å². The molecule has 8 heteroatoms. The molecule has 1 heterocycles. The van der Waals surface area contributed by atoms with E-state index < -0.39 is 0 Å². The van der Waals surface area contributed by atoms with Gasteiger partial charge in [0.1, 0.15) is 0 Å². The molecule has 3 rings (SSSR count). The number of amides is 2. The molecule has 0 fully saturated rings. The van der Waals surface area contributed by atoms with Crippen LogP contribution in [0.4, 0.5) is 17.1 Å². The van der Waals surface area contributed by atoms with Crippen LogP contribution in [0, 0.1) is 0 Å². The second kappa shape index (κ2) is 8.87. The number of hydrogen-bond donors (Lipinski definition) is 3. The number of methoxy groups -OCH3 is 2. The van der Waals surface area contributed by atoms with Crippen molar-refractivity contribution in [3.8, 4) is 11.5 Å². The molecule has 2 aromatic rings. The van der Waals surface area contributed by atoms with E-state index in [9.17, 15) is 9.59 Å². The van der Waals surface area contributed by atoms with E-state index in [4.69, 9.17) is 15.2 Å². The van der Waals surface area contributed by atoms with Crippen LogP contribution < -0.4 is 30.7 Å². The van der Waals surface area contributed by atoms with Crippen molar-refractivity contribution in [2.75, 3.05) is 43.3 Å². The van der Waals surface area contributed by atoms with Gasteiger partial charge in [-0.15, -0.1) is 0 Å². The van der Waals surface area contributed by atoms with Gasteiger partial charge < -0.3 is 30.7 Å². The predicted octanol–water partition coefficient (Wildman–Crippen LogP) is 2.81. The number of nitrogens with one attached hydrogen (secondary N) is 2. The molecule has 4 N–H and O–H groups in total. The summed E-state index contributed by atoms with van der Waals surface area (Å²) < 4.78 is 10.7. The Hall–Kier alpha value is -3.52. The van der Waals surface area contributed by atoms with Crippen LogP contribution in [0.5, 0.6) is 11.5 Å². The monoisotopic (exact) mass is 410 g/mol. The standard InChI is InChI=1S/C22H26N4O4/c1-5-16(24-13-6-8-14(9-7-13)26(2)20(27)12-23)21-15-10-18(29-3)19(30-4)11-17(15)25-22(21)28/h6-11,24H,5,12,23H2,1-4H3,(H,25,28). The number of carbonyl (C=O) groups is 2. The topological polar surface area (TPSA) is 106 Å². The second-order valence-electron chi connectivity index (χ2n) is 6.74. The molecule has 0 unspecified atom stereocenters. The third kappa shape index (κ3) is 3.95. The average Bonchev–Trinajstić information content (AvgIpc) is 3.10. The van der Waals surface area contributed by atoms with Crippen molar-refractivity contribution >= 4 is 34.4 Å². The molecule has 0 aromatic heterocycles. The van der Waals surface area contributed by atoms with Gasteiger partial charge in [-0.3, -0.25) is 9.59 Å². The summed E-state index contributed by atoms with van der Waals surface area (Å²) in [6.45, 7) is 1.93. The molecule has 8 nitrogen and oxygen atoms in total. The molecule has 0 saturated heterocycles. The van der Waals surface area contributed by atoms with Gasteiger partial charge in [0, 0.05) is 35.7 Å². The maximum Gasteiger partial charge on any atom is 0.258 e. The summed E-state index contributed by atoms with van der Waals surface area (Å²) in [5.41, 5.74) is 9.74. The van der Waals surface area contributed by atoms with Crippen molar-refractivity contribution in [1.29, 1.82) is 0 Å². The molecule has 0 atom stereocenters. The van der Waals surface area contributed by atoms with Crippen molar-refractivity contribution in [3.63, 3.8) is 0 Å². The van der Waals surface area contributed by atoms with Gasteiger partial charge in [-0.25, -0.2) is 0 Å². The summed E-state index contributed by atoms with van der Waals surface area (Å²) in [6, 6.07) is 10.9. The van der Waals surface area contributed by atoms with Crippen LogP contribution in [0.15, 0.2) is 42.1 Å². The van der Waals surface area contributed by atoms with Gasteiger partial charge in [0.05, 0.1) is 32.0 Å². The molecule has 0 spiro atoms. The minimum atomic E-state index is -0.186. The lowest BCUT2D eigenvalue weighted by Gasteiger charge is -2.18. The minimum absolute atomic E-state index is 0.0502. The normalized spacial score (nSPS) is 14.0. The Labute approximate surface area is 175 Å². The predicted molar refractivity (Wildman–Crippen MR) is 118 cm³/mol. The summed E-state index contributed by atoms with van der Waals surface area (Å²) in [6.07, 6.45) is 0.615. The summed E-state index contributed by atoms with van der Waals surface area (Å²) in [7, 11) is 4.79. The van der Waals surface area contributed by atoms with Gasteiger partial charge in [0.25, 0.3) is 5.91 Å². The highest BCUT2D eigenvalue weighted by Gasteiger charge is 2.29. The quantitative estimate of drug-likeness (QED) is 0.606. The maximum atomic E-state index is 12.7. The summed E-state index contributed by atoms with van der Waals surface area (Å²) in [4.78, 5) is 26.0. The number of likely N-dealkylation sites (N-methyl/N-ethyl adjacent to an activating group) is 1. The summed E-state index contributed by atoms with van der Waals surface area (Å²) >= 11 is 0. The number of allylic oxidation sites excluding steroid dienone is 1. The molecule has 0 bridgehead atoms. The highest BCUT2D eigenvalue weighted by molar-refractivity contribution is 6.32. The van der Waals surface area contributed by atoms with Gasteiger partial charge in [0.2, 0.25) is 5.91 Å². The molecular weight excluding hydrogens is 384 g/mol. The van der Waals surface area contributed by atoms with E-state index in [1.165, 1.54) is 4.90 Å². The van der Waals surface area contributed by atoms with Crippen LogP contribution >= 0.6 is 0 Å². The van der Waals surface area contributed by atoms with E-state index >= 15 is 0 Å². The average molecular weight is 410 g/mol. The van der Waals surface area contributed by atoms with Crippen LogP contribution in [-0.2, 0) is 9.59 Å². The van der Waals surface area contributed by atoms with E-state index in [0.717, 1.165) is 22.6 Å². The molecule has 30 heavy (non-hydrogen) atoms. The Balaban J connectivity index is 1.94. The first-order valence-corrected chi connectivity index (χ1v) is 9.58. The second-order valence-corrected chi connectivity index (χ2v) is 6.74. The van der Waals surface area contributed by atoms with Crippen molar-refractivity contribution in [2.45, 2.75) is 13.3 Å². The largest absolute Gasteiger partial charge is 0.493 e. The van der Waals surface area contributed by atoms with E-state index in [1.807, 2.05) is 31.2 Å². The number of anilines is 3. The van der Waals surface area contributed by atoms with Crippen molar-refractivity contribution in [3.05, 3.63) is 47.7 Å². The van der Waals surface area contributed by atoms with Crippen molar-refractivity contribution < 1.29 is 19.1 Å². The number of carbonyl (C=O) groups excluding carboxylic acids is 2. The first kappa shape index (κ1) is 21.2. The van der Waals surface area contributed by atoms with E-state index in [1.54, 1.807) is 33.4 Å². The van der Waals surface area contributed by atoms with Gasteiger partial charge >= 0.3 is 0 Å². The highest BCUT2D eigenvalue weighted by atomic mass is 16.5. The number of fused-ring (bicyclic) bond motifs is 1. The zero-order valence-electron chi connectivity index (χ0n) is 17.5. The fourth-order valence-electron chi connectivity index (χ4n) is 3.35. The molecule has 0 radical (unpaired) electrons. The molecule has 2 amide bonds. The molecule has 0 aliphatic carbocycles. The SMILES string of the molecule is CCC(Nc1ccc(N(C)C(=O)CN)cc1)=C1C(=O)Nc2cc(OC)c(OC)cc21. The van der Waals surface area contributed by atoms with Crippen LogP contribution in [0.1, 0.15) is 18.9 Å². The Kier molecular flexibility index (Phi) is 6.27.